The predicted molar refractivity (Wildman–Crippen MR) is 67.1 cm³/mol. The number of sulfonamides is 1. The smallest absolute Gasteiger partial charge is 0.259 e. The van der Waals surface area contributed by atoms with Crippen molar-refractivity contribution in [2.24, 2.45) is 12.5 Å². The Balaban J connectivity index is 2.46. The monoisotopic (exact) mass is 259 g/mol. The average Bonchev–Trinajstić information content (AvgIpc) is 2.59. The van der Waals surface area contributed by atoms with Gasteiger partial charge in [0.1, 0.15) is 0 Å². The Morgan fingerprint density at radius 3 is 2.53 bits per heavy atom. The Kier molecular flexibility index (Phi) is 4.32. The third-order valence-electron chi connectivity index (χ3n) is 2.35. The zero-order chi connectivity index (χ0) is 13.1. The third kappa shape index (κ3) is 4.87. The lowest BCUT2D eigenvalue weighted by Crippen LogP contribution is -2.26. The third-order valence-corrected chi connectivity index (χ3v) is 3.70. The molecule has 6 heteroatoms. The van der Waals surface area contributed by atoms with Crippen molar-refractivity contribution in [1.82, 2.24) is 14.3 Å². The average molecular weight is 259 g/mol. The van der Waals surface area contributed by atoms with Crippen LogP contribution in [0.15, 0.2) is 17.6 Å². The molecule has 0 unspecified atom stereocenters. The van der Waals surface area contributed by atoms with Crippen LogP contribution in [0.3, 0.4) is 0 Å². The molecule has 5 nitrogen and oxygen atoms in total. The fourth-order valence-corrected chi connectivity index (χ4v) is 2.48. The first kappa shape index (κ1) is 14.2. The lowest BCUT2D eigenvalue weighted by molar-refractivity contribution is 0.365. The molecule has 0 atom stereocenters. The number of rotatable bonds is 5. The largest absolute Gasteiger partial charge is 0.339 e. The molecule has 0 radical (unpaired) electrons. The van der Waals surface area contributed by atoms with Crippen molar-refractivity contribution in [3.63, 3.8) is 0 Å². The van der Waals surface area contributed by atoms with Gasteiger partial charge in [0.05, 0.1) is 6.33 Å². The van der Waals surface area contributed by atoms with Crippen molar-refractivity contribution in [2.45, 2.75) is 38.6 Å². The van der Waals surface area contributed by atoms with Gasteiger partial charge in [-0.3, -0.25) is 0 Å². The highest BCUT2D eigenvalue weighted by Gasteiger charge is 2.16. The van der Waals surface area contributed by atoms with Crippen molar-refractivity contribution in [3.05, 3.63) is 12.5 Å². The molecule has 1 heterocycles. The molecule has 0 fully saturated rings. The van der Waals surface area contributed by atoms with Crippen LogP contribution in [0.25, 0.3) is 0 Å². The van der Waals surface area contributed by atoms with Gasteiger partial charge in [-0.2, -0.15) is 0 Å². The van der Waals surface area contributed by atoms with Gasteiger partial charge in [-0.15, -0.1) is 0 Å². The van der Waals surface area contributed by atoms with Crippen LogP contribution >= 0.6 is 0 Å². The van der Waals surface area contributed by atoms with Gasteiger partial charge in [0, 0.05) is 19.8 Å². The summed E-state index contributed by atoms with van der Waals surface area (Å²) in [7, 11) is -1.70. The quantitative estimate of drug-likeness (QED) is 0.815. The molecule has 0 bridgehead atoms. The maximum atomic E-state index is 11.8. The van der Waals surface area contributed by atoms with E-state index in [0.29, 0.717) is 6.54 Å². The first-order chi connectivity index (χ1) is 7.71. The Morgan fingerprint density at radius 1 is 1.41 bits per heavy atom. The first-order valence-corrected chi connectivity index (χ1v) is 7.17. The van der Waals surface area contributed by atoms with Gasteiger partial charge < -0.3 is 4.57 Å². The van der Waals surface area contributed by atoms with Crippen LogP contribution in [0.2, 0.25) is 0 Å². The van der Waals surface area contributed by atoms with Crippen molar-refractivity contribution < 1.29 is 8.42 Å². The summed E-state index contributed by atoms with van der Waals surface area (Å²) in [4.78, 5) is 3.83. The van der Waals surface area contributed by atoms with E-state index >= 15 is 0 Å². The molecule has 0 amide bonds. The molecule has 1 aromatic rings. The van der Waals surface area contributed by atoms with Crippen LogP contribution < -0.4 is 4.72 Å². The molecule has 1 aromatic heterocycles. The van der Waals surface area contributed by atoms with E-state index in [1.54, 1.807) is 11.6 Å². The van der Waals surface area contributed by atoms with Gasteiger partial charge in [0.2, 0.25) is 0 Å². The minimum absolute atomic E-state index is 0.0794. The van der Waals surface area contributed by atoms with Gasteiger partial charge in [-0.1, -0.05) is 20.8 Å². The number of aromatic nitrogens is 2. The predicted octanol–water partition coefficient (Wildman–Crippen LogP) is 1.52. The molecular weight excluding hydrogens is 238 g/mol. The van der Waals surface area contributed by atoms with Gasteiger partial charge in [-0.05, 0) is 18.3 Å². The maximum absolute atomic E-state index is 11.8. The van der Waals surface area contributed by atoms with E-state index in [1.165, 1.54) is 12.5 Å². The van der Waals surface area contributed by atoms with Crippen molar-refractivity contribution in [3.8, 4) is 0 Å². The summed E-state index contributed by atoms with van der Waals surface area (Å²) >= 11 is 0. The van der Waals surface area contributed by atoms with Crippen LogP contribution in [0.1, 0.15) is 33.6 Å². The minimum Gasteiger partial charge on any atom is -0.339 e. The molecule has 0 saturated heterocycles. The van der Waals surface area contributed by atoms with E-state index in [-0.39, 0.29) is 10.4 Å². The Bertz CT molecular complexity index is 457. The number of imidazole rings is 1. The zero-order valence-corrected chi connectivity index (χ0v) is 11.7. The summed E-state index contributed by atoms with van der Waals surface area (Å²) in [6.45, 7) is 6.87. The summed E-state index contributed by atoms with van der Waals surface area (Å²) in [5.74, 6) is 0. The van der Waals surface area contributed by atoms with Crippen LogP contribution in [0, 0.1) is 5.41 Å². The Morgan fingerprint density at radius 2 is 2.06 bits per heavy atom. The van der Waals surface area contributed by atoms with Gasteiger partial charge in [-0.25, -0.2) is 18.1 Å². The highest BCUT2D eigenvalue weighted by molar-refractivity contribution is 7.89. The van der Waals surface area contributed by atoms with Crippen molar-refractivity contribution in [1.29, 1.82) is 0 Å². The molecular formula is C11H21N3O2S. The van der Waals surface area contributed by atoms with Crippen molar-refractivity contribution >= 4 is 10.0 Å². The highest BCUT2D eigenvalue weighted by atomic mass is 32.2. The molecule has 1 N–H and O–H groups in total. The SMILES string of the molecule is Cn1cnc(S(=O)(=O)NCCCC(C)(C)C)c1. The number of nitrogens with zero attached hydrogens (tertiary/aromatic N) is 2. The van der Waals surface area contributed by atoms with Crippen LogP contribution in [0.5, 0.6) is 0 Å². The maximum Gasteiger partial charge on any atom is 0.259 e. The topological polar surface area (TPSA) is 64.0 Å². The molecule has 0 aliphatic rings. The van der Waals surface area contributed by atoms with Crippen LogP contribution in [0.4, 0.5) is 0 Å². The van der Waals surface area contributed by atoms with Gasteiger partial charge >= 0.3 is 0 Å². The minimum atomic E-state index is -3.44. The van der Waals surface area contributed by atoms with E-state index in [0.717, 1.165) is 12.8 Å². The van der Waals surface area contributed by atoms with E-state index in [4.69, 9.17) is 0 Å². The lowest BCUT2D eigenvalue weighted by atomic mass is 9.91. The van der Waals surface area contributed by atoms with E-state index < -0.39 is 10.0 Å². The Labute approximate surface area is 103 Å². The second kappa shape index (κ2) is 5.18. The number of hydrogen-bond donors (Lipinski definition) is 1. The molecule has 1 rings (SSSR count). The normalized spacial score (nSPS) is 12.9. The van der Waals surface area contributed by atoms with Gasteiger partial charge in [0.15, 0.2) is 5.03 Å². The standard InChI is InChI=1S/C11H21N3O2S/c1-11(2,3)6-5-7-13-17(15,16)10-8-14(4)9-12-10/h8-9,13H,5-7H2,1-4H3. The van der Waals surface area contributed by atoms with Crippen LogP contribution in [-0.4, -0.2) is 24.5 Å². The Hall–Kier alpha value is -0.880. The lowest BCUT2D eigenvalue weighted by Gasteiger charge is -2.17. The summed E-state index contributed by atoms with van der Waals surface area (Å²) < 4.78 is 27.7. The fourth-order valence-electron chi connectivity index (χ4n) is 1.43. The van der Waals surface area contributed by atoms with E-state index in [1.807, 2.05) is 0 Å². The molecule has 17 heavy (non-hydrogen) atoms. The zero-order valence-electron chi connectivity index (χ0n) is 10.9. The molecule has 0 aliphatic carbocycles. The molecule has 0 aromatic carbocycles. The molecule has 0 spiro atoms. The number of hydrogen-bond acceptors (Lipinski definition) is 3. The highest BCUT2D eigenvalue weighted by Crippen LogP contribution is 2.20. The molecule has 98 valence electrons. The number of aryl methyl sites for hydroxylation is 1. The van der Waals surface area contributed by atoms with Crippen molar-refractivity contribution in [2.75, 3.05) is 6.54 Å². The fraction of sp³-hybridized carbons (Fsp3) is 0.727. The summed E-state index contributed by atoms with van der Waals surface area (Å²) in [6, 6.07) is 0. The molecule has 0 saturated carbocycles. The molecule has 0 aliphatic heterocycles. The first-order valence-electron chi connectivity index (χ1n) is 5.68. The van der Waals surface area contributed by atoms with Gasteiger partial charge in [0.25, 0.3) is 10.0 Å². The second-order valence-electron chi connectivity index (χ2n) is 5.44. The van der Waals surface area contributed by atoms with E-state index in [2.05, 4.69) is 30.5 Å². The second-order valence-corrected chi connectivity index (χ2v) is 7.15. The van der Waals surface area contributed by atoms with E-state index in [9.17, 15) is 8.42 Å². The van der Waals surface area contributed by atoms with Crippen LogP contribution in [-0.2, 0) is 17.1 Å². The summed E-state index contributed by atoms with van der Waals surface area (Å²) in [5, 5.41) is 0.0794. The summed E-state index contributed by atoms with van der Waals surface area (Å²) in [6.07, 6.45) is 4.78. The number of nitrogens with one attached hydrogen (secondary N) is 1. The summed E-state index contributed by atoms with van der Waals surface area (Å²) in [5.41, 5.74) is 0.233.